The van der Waals surface area contributed by atoms with Crippen LogP contribution in [0.4, 0.5) is 0 Å². The summed E-state index contributed by atoms with van der Waals surface area (Å²) in [4.78, 5) is 16.9. The van der Waals surface area contributed by atoms with Crippen molar-refractivity contribution >= 4 is 15.9 Å². The molecule has 1 atom stereocenters. The highest BCUT2D eigenvalue weighted by atomic mass is 31.2. The van der Waals surface area contributed by atoms with Gasteiger partial charge < -0.3 is 18.8 Å². The molecule has 6 nitrogen and oxygen atoms in total. The second-order valence-electron chi connectivity index (χ2n) is 2.27. The molecule has 0 fully saturated rings. The van der Waals surface area contributed by atoms with E-state index in [2.05, 4.69) is 9.05 Å². The van der Waals surface area contributed by atoms with Crippen LogP contribution in [0, 0.1) is 0 Å². The molecule has 1 unspecified atom stereocenters. The summed E-state index contributed by atoms with van der Waals surface area (Å²) in [6, 6.07) is 0. The first-order valence-electron chi connectivity index (χ1n) is 3.80. The van der Waals surface area contributed by atoms with E-state index in [1.54, 1.807) is 6.92 Å². The average Bonchev–Trinajstić information content (AvgIpc) is 1.97. The molecule has 0 aliphatic carbocycles. The van der Waals surface area contributed by atoms with Crippen molar-refractivity contribution in [3.8, 4) is 0 Å². The predicted octanol–water partition coefficient (Wildman–Crippen LogP) is 0.997. The highest BCUT2D eigenvalue weighted by Crippen LogP contribution is 2.35. The summed E-state index contributed by atoms with van der Waals surface area (Å²) in [6.45, 7) is 2.03. The molecule has 2 N–H and O–H groups in total. The van der Waals surface area contributed by atoms with Gasteiger partial charge in [-0.05, 0) is 13.3 Å². The van der Waals surface area contributed by atoms with Crippen molar-refractivity contribution in [3.63, 3.8) is 0 Å². The van der Waals surface area contributed by atoms with E-state index in [0.717, 1.165) is 0 Å². The molecule has 0 saturated carbocycles. The number of hydrogen-bond donors (Lipinski definition) is 2. The van der Waals surface area contributed by atoms with Crippen LogP contribution in [0.5, 0.6) is 0 Å². The molecule has 8 heteroatoms. The van der Waals surface area contributed by atoms with Crippen molar-refractivity contribution in [2.45, 2.75) is 13.3 Å². The molecular weight excluding hydrogens is 218 g/mol. The minimum atomic E-state index is -3.95. The zero-order valence-electron chi connectivity index (χ0n) is 7.30. The van der Waals surface area contributed by atoms with Gasteiger partial charge in [0, 0.05) is 0 Å². The van der Waals surface area contributed by atoms with E-state index >= 15 is 0 Å². The normalized spacial score (nSPS) is 14.4. The maximum atomic E-state index is 10.7. The third-order valence-corrected chi connectivity index (χ3v) is 2.94. The summed E-state index contributed by atoms with van der Waals surface area (Å²) >= 11 is 0. The van der Waals surface area contributed by atoms with Gasteiger partial charge in [-0.2, -0.15) is 0 Å². The van der Waals surface area contributed by atoms with Gasteiger partial charge in [0.05, 0.1) is 19.4 Å². The van der Waals surface area contributed by atoms with E-state index < -0.39 is 15.9 Å². The Labute approximate surface area is 77.4 Å². The fourth-order valence-electron chi connectivity index (χ4n) is 0.586. The Morgan fingerprint density at radius 1 is 1.38 bits per heavy atom. The van der Waals surface area contributed by atoms with Crippen molar-refractivity contribution in [3.05, 3.63) is 0 Å². The lowest BCUT2D eigenvalue weighted by molar-refractivity contribution is 0.233. The standard InChI is InChI=1S/C5H14O6P2/c1-2-10-12(6)11-4-3-5-13(7,8)9/h12H,2-5H2,1H3,(H2,7,8,9). The Bertz CT molecular complexity index is 199. The molecule has 13 heavy (non-hydrogen) atoms. The molecule has 0 heterocycles. The highest BCUT2D eigenvalue weighted by Gasteiger charge is 2.11. The van der Waals surface area contributed by atoms with E-state index in [1.807, 2.05) is 0 Å². The van der Waals surface area contributed by atoms with E-state index in [0.29, 0.717) is 6.61 Å². The summed E-state index contributed by atoms with van der Waals surface area (Å²) in [5, 5.41) is 0. The fourth-order valence-corrected chi connectivity index (χ4v) is 1.76. The smallest absolute Gasteiger partial charge is 0.324 e. The highest BCUT2D eigenvalue weighted by molar-refractivity contribution is 7.51. The van der Waals surface area contributed by atoms with Crippen molar-refractivity contribution in [1.82, 2.24) is 0 Å². The first-order chi connectivity index (χ1) is 5.95. The topological polar surface area (TPSA) is 93.1 Å². The monoisotopic (exact) mass is 232 g/mol. The van der Waals surface area contributed by atoms with Gasteiger partial charge in [0.15, 0.2) is 0 Å². The van der Waals surface area contributed by atoms with Gasteiger partial charge in [0.25, 0.3) is 0 Å². The van der Waals surface area contributed by atoms with Crippen molar-refractivity contribution in [2.75, 3.05) is 19.4 Å². The Balaban J connectivity index is 3.36. The van der Waals surface area contributed by atoms with Gasteiger partial charge >= 0.3 is 15.9 Å². The maximum Gasteiger partial charge on any atom is 0.325 e. The summed E-state index contributed by atoms with van der Waals surface area (Å²) in [5.74, 6) is 0. The molecule has 0 aliphatic heterocycles. The third-order valence-electron chi connectivity index (χ3n) is 1.08. The lowest BCUT2D eigenvalue weighted by Crippen LogP contribution is -1.94. The SMILES string of the molecule is CCO[PH](=O)OCCCP(=O)(O)O. The molecule has 80 valence electrons. The minimum Gasteiger partial charge on any atom is -0.324 e. The Kier molecular flexibility index (Phi) is 6.86. The van der Waals surface area contributed by atoms with Crippen molar-refractivity contribution < 1.29 is 28.0 Å². The van der Waals surface area contributed by atoms with E-state index in [9.17, 15) is 9.13 Å². The van der Waals surface area contributed by atoms with Gasteiger partial charge in [-0.25, -0.2) is 0 Å². The quantitative estimate of drug-likeness (QED) is 0.502. The van der Waals surface area contributed by atoms with Crippen LogP contribution in [0.25, 0.3) is 0 Å². The summed E-state index contributed by atoms with van der Waals surface area (Å²) in [7, 11) is -6.41. The maximum absolute atomic E-state index is 10.7. The van der Waals surface area contributed by atoms with Gasteiger partial charge in [-0.1, -0.05) is 0 Å². The van der Waals surface area contributed by atoms with Crippen LogP contribution < -0.4 is 0 Å². The molecule has 0 radical (unpaired) electrons. The van der Waals surface area contributed by atoms with Crippen LogP contribution >= 0.6 is 15.9 Å². The van der Waals surface area contributed by atoms with Crippen LogP contribution in [0.1, 0.15) is 13.3 Å². The minimum absolute atomic E-state index is 0.0445. The van der Waals surface area contributed by atoms with Crippen LogP contribution in [-0.2, 0) is 18.2 Å². The second kappa shape index (κ2) is 6.71. The summed E-state index contributed by atoms with van der Waals surface area (Å²) in [5.41, 5.74) is 0. The van der Waals surface area contributed by atoms with E-state index in [4.69, 9.17) is 9.79 Å². The molecule has 0 aliphatic rings. The molecular formula is C5H14O6P2. The predicted molar refractivity (Wildman–Crippen MR) is 48.1 cm³/mol. The van der Waals surface area contributed by atoms with Crippen LogP contribution in [0.3, 0.4) is 0 Å². The van der Waals surface area contributed by atoms with E-state index in [1.165, 1.54) is 0 Å². The Hall–Kier alpha value is 0.300. The zero-order valence-corrected chi connectivity index (χ0v) is 9.20. The molecule has 0 amide bonds. The van der Waals surface area contributed by atoms with Gasteiger partial charge in [-0.3, -0.25) is 9.13 Å². The van der Waals surface area contributed by atoms with E-state index in [-0.39, 0.29) is 19.2 Å². The van der Waals surface area contributed by atoms with Gasteiger partial charge in [-0.15, -0.1) is 0 Å². The molecule has 0 spiro atoms. The first-order valence-corrected chi connectivity index (χ1v) is 6.82. The van der Waals surface area contributed by atoms with Gasteiger partial charge in [0.2, 0.25) is 0 Å². The lowest BCUT2D eigenvalue weighted by atomic mass is 10.5. The molecule has 0 aromatic rings. The Morgan fingerprint density at radius 3 is 2.46 bits per heavy atom. The average molecular weight is 232 g/mol. The summed E-state index contributed by atoms with van der Waals surface area (Å²) < 4.78 is 30.3. The van der Waals surface area contributed by atoms with Crippen molar-refractivity contribution in [1.29, 1.82) is 0 Å². The zero-order chi connectivity index (χ0) is 10.3. The molecule has 0 rings (SSSR count). The Morgan fingerprint density at radius 2 is 2.00 bits per heavy atom. The second-order valence-corrected chi connectivity index (χ2v) is 5.13. The molecule has 0 aromatic carbocycles. The van der Waals surface area contributed by atoms with Crippen molar-refractivity contribution in [2.24, 2.45) is 0 Å². The van der Waals surface area contributed by atoms with Crippen LogP contribution in [-0.4, -0.2) is 29.2 Å². The third kappa shape index (κ3) is 10.2. The first kappa shape index (κ1) is 13.3. The largest absolute Gasteiger partial charge is 0.325 e. The van der Waals surface area contributed by atoms with Gasteiger partial charge in [0.1, 0.15) is 0 Å². The lowest BCUT2D eigenvalue weighted by Gasteiger charge is -2.04. The number of rotatable bonds is 7. The molecule has 0 aromatic heterocycles. The number of hydrogen-bond acceptors (Lipinski definition) is 4. The fraction of sp³-hybridized carbons (Fsp3) is 1.00. The molecule has 0 bridgehead atoms. The molecule has 0 saturated heterocycles. The van der Waals surface area contributed by atoms with Crippen LogP contribution in [0.2, 0.25) is 0 Å². The van der Waals surface area contributed by atoms with Crippen LogP contribution in [0.15, 0.2) is 0 Å². The summed E-state index contributed by atoms with van der Waals surface area (Å²) in [6.07, 6.45) is -0.0813.